The van der Waals surface area contributed by atoms with E-state index in [2.05, 4.69) is 15.9 Å². The van der Waals surface area contributed by atoms with Crippen molar-refractivity contribution in [3.05, 3.63) is 54.6 Å². The molecule has 0 bridgehead atoms. The molecule has 0 saturated heterocycles. The van der Waals surface area contributed by atoms with Crippen molar-refractivity contribution in [3.63, 3.8) is 0 Å². The highest BCUT2D eigenvalue weighted by atomic mass is 79.9. The Labute approximate surface area is 268 Å². The normalized spacial score (nSPS) is 12.1. The minimum Gasteiger partial charge on any atom is -0.497 e. The molecule has 3 heterocycles. The fourth-order valence-electron chi connectivity index (χ4n) is 4.63. The second kappa shape index (κ2) is 12.3. The predicted octanol–water partition coefficient (Wildman–Crippen LogP) is 9.13. The number of hydrogen-bond acceptors (Lipinski definition) is 8. The molecule has 3 aromatic heterocycles. The molecule has 0 fully saturated rings. The van der Waals surface area contributed by atoms with Crippen molar-refractivity contribution in [2.45, 2.75) is 59.2 Å². The van der Waals surface area contributed by atoms with Crippen LogP contribution in [0.15, 0.2) is 54.6 Å². The smallest absolute Gasteiger partial charge is 0.435 e. The summed E-state index contributed by atoms with van der Waals surface area (Å²) < 4.78 is 26.5. The lowest BCUT2D eigenvalue weighted by Crippen LogP contribution is -2.28. The molecule has 5 aromatic rings. The van der Waals surface area contributed by atoms with Crippen molar-refractivity contribution in [1.29, 1.82) is 0 Å². The molecular weight excluding hydrogens is 646 g/mol. The van der Waals surface area contributed by atoms with Crippen LogP contribution < -0.4 is 9.47 Å². The summed E-state index contributed by atoms with van der Waals surface area (Å²) in [5.74, 6) is 1.35. The maximum atomic E-state index is 13.8. The Morgan fingerprint density at radius 1 is 0.886 bits per heavy atom. The highest BCUT2D eigenvalue weighted by Gasteiger charge is 2.29. The molecule has 0 amide bonds. The van der Waals surface area contributed by atoms with E-state index in [-0.39, 0.29) is 0 Å². The third-order valence-corrected chi connectivity index (χ3v) is 8.16. The molecule has 0 saturated carbocycles. The Morgan fingerprint density at radius 3 is 2.30 bits per heavy atom. The zero-order valence-electron chi connectivity index (χ0n) is 25.9. The lowest BCUT2D eigenvalue weighted by Gasteiger charge is -2.21. The largest absolute Gasteiger partial charge is 0.497 e. The van der Waals surface area contributed by atoms with Crippen molar-refractivity contribution in [1.82, 2.24) is 14.3 Å². The van der Waals surface area contributed by atoms with Gasteiger partial charge in [0, 0.05) is 21.7 Å². The molecular formula is C33H36BrN3O6S. The number of alkyl halides is 1. The summed E-state index contributed by atoms with van der Waals surface area (Å²) >= 11 is 4.90. The van der Waals surface area contributed by atoms with Gasteiger partial charge >= 0.3 is 12.2 Å². The van der Waals surface area contributed by atoms with Gasteiger partial charge in [-0.3, -0.25) is 0 Å². The topological polar surface area (TPSA) is 93.8 Å². The Morgan fingerprint density at radius 2 is 1.61 bits per heavy atom. The van der Waals surface area contributed by atoms with Crippen molar-refractivity contribution < 1.29 is 28.5 Å². The van der Waals surface area contributed by atoms with Crippen LogP contribution in [0.4, 0.5) is 9.59 Å². The Balaban J connectivity index is 1.75. The number of ether oxygens (including phenoxy) is 4. The van der Waals surface area contributed by atoms with Gasteiger partial charge in [-0.2, -0.15) is 9.78 Å². The van der Waals surface area contributed by atoms with Gasteiger partial charge in [0.2, 0.25) is 0 Å². The highest BCUT2D eigenvalue weighted by Crippen LogP contribution is 2.42. The summed E-state index contributed by atoms with van der Waals surface area (Å²) in [7, 11) is 1.62. The number of fused-ring (bicyclic) bond motifs is 2. The Kier molecular flexibility index (Phi) is 8.82. The quantitative estimate of drug-likeness (QED) is 0.125. The summed E-state index contributed by atoms with van der Waals surface area (Å²) in [5, 5.41) is 6.37. The minimum absolute atomic E-state index is 0.453. The number of carbonyl (C=O) groups is 2. The zero-order valence-corrected chi connectivity index (χ0v) is 28.3. The fraction of sp³-hybridized carbons (Fsp3) is 0.364. The minimum atomic E-state index is -0.747. The molecule has 0 aliphatic heterocycles. The molecule has 9 nitrogen and oxygen atoms in total. The molecule has 0 unspecified atom stereocenters. The van der Waals surface area contributed by atoms with Crippen LogP contribution in [0.3, 0.4) is 0 Å². The summed E-state index contributed by atoms with van der Waals surface area (Å²) in [6.45, 7) is 11.4. The van der Waals surface area contributed by atoms with Gasteiger partial charge in [-0.25, -0.2) is 14.2 Å². The number of carbonyl (C=O) groups excluding carboxylic acids is 2. The van der Waals surface area contributed by atoms with Gasteiger partial charge in [0.15, 0.2) is 0 Å². The first kappa shape index (κ1) is 31.6. The van der Waals surface area contributed by atoms with Gasteiger partial charge in [0.25, 0.3) is 0 Å². The van der Waals surface area contributed by atoms with Crippen LogP contribution in [0.25, 0.3) is 42.9 Å². The molecule has 232 valence electrons. The van der Waals surface area contributed by atoms with E-state index in [4.69, 9.17) is 24.0 Å². The third-order valence-electron chi connectivity index (χ3n) is 6.42. The van der Waals surface area contributed by atoms with Crippen LogP contribution in [0.1, 0.15) is 48.0 Å². The third kappa shape index (κ3) is 6.78. The van der Waals surface area contributed by atoms with Gasteiger partial charge < -0.3 is 18.9 Å². The van der Waals surface area contributed by atoms with Gasteiger partial charge in [-0.1, -0.05) is 28.1 Å². The van der Waals surface area contributed by atoms with Gasteiger partial charge in [0.1, 0.15) is 28.4 Å². The average Bonchev–Trinajstić information content (AvgIpc) is 3.63. The number of halogens is 1. The summed E-state index contributed by atoms with van der Waals surface area (Å²) in [6, 6.07) is 17.1. The van der Waals surface area contributed by atoms with Crippen LogP contribution in [-0.4, -0.2) is 56.8 Å². The van der Waals surface area contributed by atoms with Crippen LogP contribution >= 0.6 is 27.3 Å². The van der Waals surface area contributed by atoms with E-state index in [0.29, 0.717) is 40.5 Å². The first-order valence-electron chi connectivity index (χ1n) is 14.3. The molecule has 5 rings (SSSR count). The number of thiophene rings is 1. The Hall–Kier alpha value is -3.83. The lowest BCUT2D eigenvalue weighted by atomic mass is 10.2. The molecule has 44 heavy (non-hydrogen) atoms. The van der Waals surface area contributed by atoms with Gasteiger partial charge in [-0.15, -0.1) is 11.3 Å². The molecule has 2 aromatic carbocycles. The summed E-state index contributed by atoms with van der Waals surface area (Å²) in [4.78, 5) is 28.2. The van der Waals surface area contributed by atoms with E-state index in [1.807, 2.05) is 75.4 Å². The van der Waals surface area contributed by atoms with Crippen LogP contribution in [0, 0.1) is 0 Å². The standard InChI is InChI=1S/C33H36BrN3O6S/c1-32(2,3)42-30(38)36-24-18-23(41-15-9-14-34)13-12-20(24)17-25(36)28-29-26(37(35-28)31(39)43-33(4,5)6)19-27(44-29)21-10-8-11-22(16-21)40-7/h8,10-13,16-19H,9,14-15H2,1-7H3. The predicted molar refractivity (Wildman–Crippen MR) is 178 cm³/mol. The van der Waals surface area contributed by atoms with Crippen molar-refractivity contribution in [2.75, 3.05) is 19.0 Å². The summed E-state index contributed by atoms with van der Waals surface area (Å²) in [5.41, 5.74) is 1.55. The summed E-state index contributed by atoms with van der Waals surface area (Å²) in [6.07, 6.45) is -0.347. The van der Waals surface area contributed by atoms with Crippen LogP contribution in [-0.2, 0) is 9.47 Å². The second-order valence-electron chi connectivity index (χ2n) is 12.3. The average molecular weight is 683 g/mol. The van der Waals surface area contributed by atoms with Crippen molar-refractivity contribution >= 4 is 60.6 Å². The molecule has 0 spiro atoms. The monoisotopic (exact) mass is 681 g/mol. The van der Waals surface area contributed by atoms with E-state index in [1.165, 1.54) is 20.6 Å². The van der Waals surface area contributed by atoms with Crippen LogP contribution in [0.5, 0.6) is 11.5 Å². The molecule has 0 aliphatic carbocycles. The number of hydrogen-bond donors (Lipinski definition) is 0. The first-order chi connectivity index (χ1) is 20.8. The maximum absolute atomic E-state index is 13.8. The molecule has 0 aliphatic rings. The number of nitrogens with zero attached hydrogens (tertiary/aromatic N) is 3. The SMILES string of the molecule is COc1cccc(-c2cc3c(s2)c(-c2cc4ccc(OCCCBr)cc4n2C(=O)OC(C)(C)C)nn3C(=O)OC(C)(C)C)c1. The van der Waals surface area contributed by atoms with E-state index < -0.39 is 23.4 Å². The first-order valence-corrected chi connectivity index (χ1v) is 16.2. The van der Waals surface area contributed by atoms with E-state index in [9.17, 15) is 9.59 Å². The molecule has 0 N–H and O–H groups in total. The van der Waals surface area contributed by atoms with Gasteiger partial charge in [-0.05, 0) is 89.9 Å². The lowest BCUT2D eigenvalue weighted by molar-refractivity contribution is 0.0520. The fourth-order valence-corrected chi connectivity index (χ4v) is 5.99. The van der Waals surface area contributed by atoms with Gasteiger partial charge in [0.05, 0.1) is 35.1 Å². The number of rotatable bonds is 7. The van der Waals surface area contributed by atoms with Crippen molar-refractivity contribution in [2.24, 2.45) is 0 Å². The molecule has 0 radical (unpaired) electrons. The zero-order chi connectivity index (χ0) is 31.8. The number of methoxy groups -OCH3 is 1. The van der Waals surface area contributed by atoms with Crippen molar-refractivity contribution in [3.8, 4) is 33.3 Å². The highest BCUT2D eigenvalue weighted by molar-refractivity contribution is 9.09. The van der Waals surface area contributed by atoms with Crippen LogP contribution in [0.2, 0.25) is 0 Å². The Bertz CT molecular complexity index is 1840. The van der Waals surface area contributed by atoms with E-state index in [0.717, 1.165) is 32.3 Å². The molecule has 11 heteroatoms. The second-order valence-corrected chi connectivity index (χ2v) is 14.1. The van der Waals surface area contributed by atoms with E-state index >= 15 is 0 Å². The van der Waals surface area contributed by atoms with E-state index in [1.54, 1.807) is 27.9 Å². The molecule has 0 atom stereocenters. The maximum Gasteiger partial charge on any atom is 0.435 e. The number of benzene rings is 2. The number of aromatic nitrogens is 3.